The normalized spacial score (nSPS) is 21.7. The highest BCUT2D eigenvalue weighted by Gasteiger charge is 2.32. The number of hydrogen-bond acceptors (Lipinski definition) is 7. The second-order valence-electron chi connectivity index (χ2n) is 8.25. The van der Waals surface area contributed by atoms with Gasteiger partial charge in [-0.25, -0.2) is 19.6 Å². The zero-order valence-electron chi connectivity index (χ0n) is 18.4. The van der Waals surface area contributed by atoms with Crippen LogP contribution in [0.15, 0.2) is 60.9 Å². The Balaban J connectivity index is 1.20. The molecule has 10 heteroatoms. The van der Waals surface area contributed by atoms with Crippen molar-refractivity contribution in [1.82, 2.24) is 26.1 Å². The van der Waals surface area contributed by atoms with Gasteiger partial charge in [0.2, 0.25) is 0 Å². The molecule has 2 aliphatic rings. The molecule has 1 saturated heterocycles. The third-order valence-electron chi connectivity index (χ3n) is 6.07. The third kappa shape index (κ3) is 4.43. The van der Waals surface area contributed by atoms with Gasteiger partial charge in [-0.3, -0.25) is 14.7 Å². The van der Waals surface area contributed by atoms with E-state index in [0.29, 0.717) is 23.4 Å². The van der Waals surface area contributed by atoms with Gasteiger partial charge in [0.05, 0.1) is 18.4 Å². The maximum atomic E-state index is 14.1. The molecule has 2 aromatic carbocycles. The fourth-order valence-electron chi connectivity index (χ4n) is 4.19. The molecule has 0 radical (unpaired) electrons. The number of halogens is 2. The molecule has 0 aliphatic carbocycles. The molecule has 0 spiro atoms. The van der Waals surface area contributed by atoms with E-state index in [1.165, 1.54) is 18.3 Å². The van der Waals surface area contributed by atoms with Crippen LogP contribution in [0, 0.1) is 11.6 Å². The number of carbonyl (C=O) groups excluding carboxylic acids is 1. The van der Waals surface area contributed by atoms with Gasteiger partial charge in [0, 0.05) is 41.2 Å². The first-order chi connectivity index (χ1) is 16.5. The zero-order chi connectivity index (χ0) is 23.7. The lowest BCUT2D eigenvalue weighted by atomic mass is 10.1. The van der Waals surface area contributed by atoms with Gasteiger partial charge >= 0.3 is 0 Å². The monoisotopic (exact) mass is 466 g/mol. The molecule has 1 aromatic heterocycles. The Morgan fingerprint density at radius 1 is 1.18 bits per heavy atom. The summed E-state index contributed by atoms with van der Waals surface area (Å²) in [7, 11) is 1.89. The van der Waals surface area contributed by atoms with Crippen LogP contribution in [-0.2, 0) is 0 Å². The Morgan fingerprint density at radius 3 is 2.91 bits per heavy atom. The van der Waals surface area contributed by atoms with E-state index in [1.807, 2.05) is 18.0 Å². The summed E-state index contributed by atoms with van der Waals surface area (Å²) in [5.41, 5.74) is 8.78. The first-order valence-corrected chi connectivity index (χ1v) is 10.9. The van der Waals surface area contributed by atoms with E-state index < -0.39 is 0 Å². The van der Waals surface area contributed by atoms with Gasteiger partial charge in [0.1, 0.15) is 30.2 Å². The molecule has 2 unspecified atom stereocenters. The molecule has 3 heterocycles. The molecule has 34 heavy (non-hydrogen) atoms. The molecular formula is C24H24F2N6O2. The van der Waals surface area contributed by atoms with Crippen molar-refractivity contribution in [3.63, 3.8) is 0 Å². The van der Waals surface area contributed by atoms with Crippen LogP contribution in [0.4, 0.5) is 14.5 Å². The highest BCUT2D eigenvalue weighted by Crippen LogP contribution is 2.33. The van der Waals surface area contributed by atoms with Gasteiger partial charge in [-0.2, -0.15) is 0 Å². The minimum absolute atomic E-state index is 0.123. The Kier molecular flexibility index (Phi) is 6.10. The van der Waals surface area contributed by atoms with Crippen LogP contribution in [0.1, 0.15) is 33.7 Å². The van der Waals surface area contributed by atoms with Crippen molar-refractivity contribution in [2.45, 2.75) is 18.4 Å². The molecule has 8 nitrogen and oxygen atoms in total. The number of hydrazine groups is 1. The highest BCUT2D eigenvalue weighted by atomic mass is 19.1. The number of nitrogens with zero attached hydrogens (tertiary/aromatic N) is 2. The molecule has 176 valence electrons. The topological polar surface area (TPSA) is 90.6 Å². The van der Waals surface area contributed by atoms with Crippen LogP contribution in [0.2, 0.25) is 0 Å². The van der Waals surface area contributed by atoms with Crippen LogP contribution < -0.4 is 26.2 Å². The van der Waals surface area contributed by atoms with Crippen molar-refractivity contribution in [3.05, 3.63) is 89.2 Å². The quantitative estimate of drug-likeness (QED) is 0.444. The van der Waals surface area contributed by atoms with E-state index in [2.05, 4.69) is 26.5 Å². The summed E-state index contributed by atoms with van der Waals surface area (Å²) in [5, 5.41) is 6.26. The molecule has 0 bridgehead atoms. The summed E-state index contributed by atoms with van der Waals surface area (Å²) in [4.78, 5) is 18.6. The minimum atomic E-state index is -0.376. The summed E-state index contributed by atoms with van der Waals surface area (Å²) in [6, 6.07) is 12.8. The number of anilines is 1. The first-order valence-electron chi connectivity index (χ1n) is 10.9. The summed E-state index contributed by atoms with van der Waals surface area (Å²) >= 11 is 0. The van der Waals surface area contributed by atoms with Gasteiger partial charge in [-0.1, -0.05) is 12.1 Å². The molecule has 5 rings (SSSR count). The molecule has 1 fully saturated rings. The zero-order valence-corrected chi connectivity index (χ0v) is 18.4. The highest BCUT2D eigenvalue weighted by molar-refractivity contribution is 5.95. The number of nitrogens with one attached hydrogen (secondary N) is 4. The number of amides is 1. The summed E-state index contributed by atoms with van der Waals surface area (Å²) in [6.45, 7) is 0.765. The number of benzene rings is 2. The Morgan fingerprint density at radius 2 is 2.06 bits per heavy atom. The predicted octanol–water partition coefficient (Wildman–Crippen LogP) is 2.70. The molecule has 1 amide bonds. The fourth-order valence-corrected chi connectivity index (χ4v) is 4.19. The van der Waals surface area contributed by atoms with Gasteiger partial charge < -0.3 is 15.4 Å². The maximum Gasteiger partial charge on any atom is 0.251 e. The second kappa shape index (κ2) is 9.34. The smallest absolute Gasteiger partial charge is 0.251 e. The Hall–Kier alpha value is -3.60. The van der Waals surface area contributed by atoms with E-state index in [0.717, 1.165) is 11.3 Å². The molecule has 3 atom stereocenters. The standard InChI is InChI=1S/C24H24F2N6O2/c1-32-22(30-31-23(32)17-7-8-27-11-19(17)26)12-28-16-4-2-3-14(9-16)24(33)29-20-13-34-21-10-15(25)5-6-18(20)21/h2-11,20,22-23,28,30-31H,12-13H2,1H3,(H,29,33)/t20-,22?,23?/m0/s1. The van der Waals surface area contributed by atoms with E-state index >= 15 is 0 Å². The fraction of sp³-hybridized carbons (Fsp3) is 0.250. The lowest BCUT2D eigenvalue weighted by Gasteiger charge is -2.24. The van der Waals surface area contributed by atoms with Crippen LogP contribution >= 0.6 is 0 Å². The lowest BCUT2D eigenvalue weighted by molar-refractivity contribution is 0.0930. The van der Waals surface area contributed by atoms with Crippen molar-refractivity contribution in [2.75, 3.05) is 25.5 Å². The molecule has 4 N–H and O–H groups in total. The van der Waals surface area contributed by atoms with E-state index in [-0.39, 0.29) is 42.5 Å². The average molecular weight is 466 g/mol. The first kappa shape index (κ1) is 22.2. The maximum absolute atomic E-state index is 14.1. The van der Waals surface area contributed by atoms with E-state index in [9.17, 15) is 13.6 Å². The van der Waals surface area contributed by atoms with Crippen molar-refractivity contribution >= 4 is 11.6 Å². The van der Waals surface area contributed by atoms with Gasteiger partial charge in [-0.15, -0.1) is 0 Å². The number of rotatable bonds is 6. The largest absolute Gasteiger partial charge is 0.491 e. The summed E-state index contributed by atoms with van der Waals surface area (Å²) < 4.78 is 33.0. The molecule has 3 aromatic rings. The summed E-state index contributed by atoms with van der Waals surface area (Å²) in [6.07, 6.45) is 2.30. The third-order valence-corrected chi connectivity index (χ3v) is 6.07. The van der Waals surface area contributed by atoms with Crippen LogP contribution in [0.25, 0.3) is 0 Å². The molecular weight excluding hydrogens is 442 g/mol. The van der Waals surface area contributed by atoms with E-state index in [4.69, 9.17) is 4.74 Å². The number of pyridine rings is 1. The average Bonchev–Trinajstić information content (AvgIpc) is 3.40. The van der Waals surface area contributed by atoms with Gasteiger partial charge in [0.15, 0.2) is 0 Å². The SMILES string of the molecule is CN1C(CNc2cccc(C(=O)N[C@H]3COc4cc(F)ccc43)c2)NNC1c1ccncc1F. The van der Waals surface area contributed by atoms with E-state index in [1.54, 1.807) is 36.5 Å². The van der Waals surface area contributed by atoms with Crippen molar-refractivity contribution in [1.29, 1.82) is 0 Å². The number of ether oxygens (including phenoxy) is 1. The molecule has 2 aliphatic heterocycles. The number of aromatic nitrogens is 1. The number of carbonyl (C=O) groups is 1. The van der Waals surface area contributed by atoms with Gasteiger partial charge in [-0.05, 0) is 37.4 Å². The Bertz CT molecular complexity index is 1210. The van der Waals surface area contributed by atoms with Crippen LogP contribution in [0.3, 0.4) is 0 Å². The van der Waals surface area contributed by atoms with Crippen molar-refractivity contribution in [3.8, 4) is 5.75 Å². The predicted molar refractivity (Wildman–Crippen MR) is 122 cm³/mol. The number of likely N-dealkylation sites (N-methyl/N-ethyl adjacent to an activating group) is 1. The number of fused-ring (bicyclic) bond motifs is 1. The Labute approximate surface area is 195 Å². The van der Waals surface area contributed by atoms with Crippen molar-refractivity contribution < 1.29 is 18.3 Å². The number of hydrogen-bond donors (Lipinski definition) is 4. The summed E-state index contributed by atoms with van der Waals surface area (Å²) in [5.74, 6) is -0.548. The lowest BCUT2D eigenvalue weighted by Crippen LogP contribution is -2.40. The van der Waals surface area contributed by atoms with Crippen LogP contribution in [0.5, 0.6) is 5.75 Å². The van der Waals surface area contributed by atoms with Gasteiger partial charge in [0.25, 0.3) is 5.91 Å². The second-order valence-corrected chi connectivity index (χ2v) is 8.25. The minimum Gasteiger partial charge on any atom is -0.491 e. The van der Waals surface area contributed by atoms with Crippen molar-refractivity contribution in [2.24, 2.45) is 0 Å². The van der Waals surface area contributed by atoms with Crippen LogP contribution in [-0.4, -0.2) is 42.2 Å². The molecule has 0 saturated carbocycles.